The fourth-order valence-electron chi connectivity index (χ4n) is 1.06. The second-order valence-corrected chi connectivity index (χ2v) is 3.19. The minimum absolute atomic E-state index is 0.0866. The van der Waals surface area contributed by atoms with Crippen molar-refractivity contribution in [3.63, 3.8) is 0 Å². The van der Waals surface area contributed by atoms with Crippen LogP contribution in [0, 0.1) is 5.82 Å². The van der Waals surface area contributed by atoms with E-state index in [-0.39, 0.29) is 10.8 Å². The van der Waals surface area contributed by atoms with Crippen LogP contribution in [0.5, 0.6) is 5.75 Å². The number of aliphatic carboxylic acids is 1. The molecule has 0 heterocycles. The van der Waals surface area contributed by atoms with Crippen LogP contribution in [0.15, 0.2) is 12.1 Å². The van der Waals surface area contributed by atoms with Crippen molar-refractivity contribution < 1.29 is 24.1 Å². The number of hydrogen-bond donors (Lipinski definition) is 2. The third-order valence-corrected chi connectivity index (χ3v) is 2.00. The van der Waals surface area contributed by atoms with Crippen LogP contribution in [0.2, 0.25) is 5.02 Å². The quantitative estimate of drug-likeness (QED) is 0.834. The zero-order valence-corrected chi connectivity index (χ0v) is 8.45. The van der Waals surface area contributed by atoms with Crippen LogP contribution >= 0.6 is 11.6 Å². The maximum absolute atomic E-state index is 13.5. The highest BCUT2D eigenvalue weighted by molar-refractivity contribution is 6.30. The first kappa shape index (κ1) is 11.7. The first-order chi connectivity index (χ1) is 6.97. The molecule has 1 aromatic carbocycles. The van der Waals surface area contributed by atoms with Crippen molar-refractivity contribution in [2.45, 2.75) is 6.10 Å². The summed E-state index contributed by atoms with van der Waals surface area (Å²) in [7, 11) is 1.21. The van der Waals surface area contributed by atoms with Crippen LogP contribution in [0.25, 0.3) is 0 Å². The summed E-state index contributed by atoms with van der Waals surface area (Å²) in [6.45, 7) is 0. The van der Waals surface area contributed by atoms with Gasteiger partial charge in [0.1, 0.15) is 0 Å². The molecule has 6 heteroatoms. The maximum Gasteiger partial charge on any atom is 0.337 e. The number of halogens is 2. The largest absolute Gasteiger partial charge is 0.494 e. The van der Waals surface area contributed by atoms with E-state index in [0.717, 1.165) is 6.07 Å². The van der Waals surface area contributed by atoms with E-state index in [1.165, 1.54) is 13.2 Å². The topological polar surface area (TPSA) is 66.8 Å². The minimum atomic E-state index is -1.96. The van der Waals surface area contributed by atoms with Gasteiger partial charge in [-0.1, -0.05) is 11.6 Å². The Morgan fingerprint density at radius 3 is 2.67 bits per heavy atom. The first-order valence-electron chi connectivity index (χ1n) is 3.91. The molecule has 2 N–H and O–H groups in total. The zero-order valence-electron chi connectivity index (χ0n) is 7.70. The Morgan fingerprint density at radius 1 is 1.60 bits per heavy atom. The standard InChI is InChI=1S/C9H8ClFO4/c1-15-6-3-4(10)2-5(7(6)11)8(12)9(13)14/h2-3,8,12H,1H3,(H,13,14). The number of aliphatic hydroxyl groups is 1. The Hall–Kier alpha value is -1.33. The van der Waals surface area contributed by atoms with E-state index < -0.39 is 23.5 Å². The molecule has 4 nitrogen and oxygen atoms in total. The summed E-state index contributed by atoms with van der Waals surface area (Å²) in [4.78, 5) is 10.5. The normalized spacial score (nSPS) is 12.3. The van der Waals surface area contributed by atoms with Gasteiger partial charge < -0.3 is 14.9 Å². The molecule has 0 aliphatic rings. The summed E-state index contributed by atoms with van der Waals surface area (Å²) in [6.07, 6.45) is -1.96. The molecule has 0 aliphatic carbocycles. The summed E-state index contributed by atoms with van der Waals surface area (Å²) >= 11 is 5.60. The van der Waals surface area contributed by atoms with Gasteiger partial charge in [0.15, 0.2) is 17.7 Å². The fraction of sp³-hybridized carbons (Fsp3) is 0.222. The molecule has 82 valence electrons. The number of benzene rings is 1. The van der Waals surface area contributed by atoms with Crippen LogP contribution in [-0.2, 0) is 4.79 Å². The molecule has 0 amide bonds. The predicted molar refractivity (Wildman–Crippen MR) is 50.6 cm³/mol. The fourth-order valence-corrected chi connectivity index (χ4v) is 1.28. The van der Waals surface area contributed by atoms with Crippen molar-refractivity contribution in [1.82, 2.24) is 0 Å². The van der Waals surface area contributed by atoms with Crippen molar-refractivity contribution in [2.24, 2.45) is 0 Å². The van der Waals surface area contributed by atoms with Gasteiger partial charge in [-0.15, -0.1) is 0 Å². The molecule has 1 atom stereocenters. The average Bonchev–Trinajstić information content (AvgIpc) is 2.19. The van der Waals surface area contributed by atoms with Gasteiger partial charge in [-0.3, -0.25) is 0 Å². The maximum atomic E-state index is 13.5. The zero-order chi connectivity index (χ0) is 11.6. The Balaban J connectivity index is 3.28. The summed E-state index contributed by atoms with van der Waals surface area (Å²) in [5, 5.41) is 17.8. The van der Waals surface area contributed by atoms with Crippen molar-refractivity contribution in [1.29, 1.82) is 0 Å². The lowest BCUT2D eigenvalue weighted by Crippen LogP contribution is -2.12. The lowest BCUT2D eigenvalue weighted by Gasteiger charge is -2.10. The third-order valence-electron chi connectivity index (χ3n) is 1.78. The van der Waals surface area contributed by atoms with Crippen molar-refractivity contribution in [3.8, 4) is 5.75 Å². The Kier molecular flexibility index (Phi) is 3.49. The first-order valence-corrected chi connectivity index (χ1v) is 4.29. The summed E-state index contributed by atoms with van der Waals surface area (Å²) in [5.41, 5.74) is -0.424. The van der Waals surface area contributed by atoms with E-state index in [0.29, 0.717) is 0 Å². The molecular formula is C9H8ClFO4. The number of carbonyl (C=O) groups is 1. The van der Waals surface area contributed by atoms with E-state index >= 15 is 0 Å². The molecule has 0 radical (unpaired) electrons. The molecule has 0 aliphatic heterocycles. The number of rotatable bonds is 3. The van der Waals surface area contributed by atoms with Crippen LogP contribution in [-0.4, -0.2) is 23.3 Å². The SMILES string of the molecule is COc1cc(Cl)cc(C(O)C(=O)O)c1F. The third kappa shape index (κ3) is 2.37. The Bertz CT molecular complexity index is 394. The summed E-state index contributed by atoms with van der Waals surface area (Å²) < 4.78 is 18.1. The highest BCUT2D eigenvalue weighted by Gasteiger charge is 2.23. The van der Waals surface area contributed by atoms with Gasteiger partial charge in [0.25, 0.3) is 0 Å². The van der Waals surface area contributed by atoms with Crippen molar-refractivity contribution in [2.75, 3.05) is 7.11 Å². The number of hydrogen-bond acceptors (Lipinski definition) is 3. The number of methoxy groups -OCH3 is 1. The van der Waals surface area contributed by atoms with E-state index in [1.807, 2.05) is 0 Å². The molecule has 0 bridgehead atoms. The van der Waals surface area contributed by atoms with Gasteiger partial charge in [-0.2, -0.15) is 0 Å². The molecule has 0 saturated carbocycles. The monoisotopic (exact) mass is 234 g/mol. The molecule has 0 aromatic heterocycles. The highest BCUT2D eigenvalue weighted by Crippen LogP contribution is 2.29. The minimum Gasteiger partial charge on any atom is -0.494 e. The van der Waals surface area contributed by atoms with Gasteiger partial charge in [0.2, 0.25) is 0 Å². The van der Waals surface area contributed by atoms with Gasteiger partial charge in [-0.25, -0.2) is 9.18 Å². The van der Waals surface area contributed by atoms with Crippen LogP contribution < -0.4 is 4.74 Å². The second kappa shape index (κ2) is 4.46. The van der Waals surface area contributed by atoms with Gasteiger partial charge in [0, 0.05) is 16.7 Å². The van der Waals surface area contributed by atoms with E-state index in [2.05, 4.69) is 4.74 Å². The Labute approximate surface area is 89.9 Å². The van der Waals surface area contributed by atoms with Crippen molar-refractivity contribution >= 4 is 17.6 Å². The second-order valence-electron chi connectivity index (χ2n) is 2.75. The van der Waals surface area contributed by atoms with Crippen LogP contribution in [0.3, 0.4) is 0 Å². The van der Waals surface area contributed by atoms with E-state index in [4.69, 9.17) is 21.8 Å². The predicted octanol–water partition coefficient (Wildman–Crippen LogP) is 1.61. The number of carboxylic acid groups (broad SMARTS) is 1. The molecule has 15 heavy (non-hydrogen) atoms. The lowest BCUT2D eigenvalue weighted by atomic mass is 10.1. The molecule has 1 aromatic rings. The highest BCUT2D eigenvalue weighted by atomic mass is 35.5. The molecule has 1 rings (SSSR count). The summed E-state index contributed by atoms with van der Waals surface area (Å²) in [5.74, 6) is -2.70. The average molecular weight is 235 g/mol. The van der Waals surface area contributed by atoms with Crippen molar-refractivity contribution in [3.05, 3.63) is 28.5 Å². The van der Waals surface area contributed by atoms with Gasteiger partial charge >= 0.3 is 5.97 Å². The molecule has 1 unspecified atom stereocenters. The van der Waals surface area contributed by atoms with Gasteiger partial charge in [0.05, 0.1) is 7.11 Å². The van der Waals surface area contributed by atoms with E-state index in [9.17, 15) is 9.18 Å². The molecule has 0 saturated heterocycles. The number of aliphatic hydroxyl groups excluding tert-OH is 1. The molecular weight excluding hydrogens is 227 g/mol. The number of carboxylic acids is 1. The lowest BCUT2D eigenvalue weighted by molar-refractivity contribution is -0.147. The van der Waals surface area contributed by atoms with Crippen LogP contribution in [0.4, 0.5) is 4.39 Å². The smallest absolute Gasteiger partial charge is 0.337 e. The Morgan fingerprint density at radius 2 is 2.20 bits per heavy atom. The molecule has 0 fully saturated rings. The van der Waals surface area contributed by atoms with Gasteiger partial charge in [-0.05, 0) is 6.07 Å². The van der Waals surface area contributed by atoms with E-state index in [1.54, 1.807) is 0 Å². The number of ether oxygens (including phenoxy) is 1. The molecule has 0 spiro atoms. The summed E-state index contributed by atoms with van der Waals surface area (Å²) in [6, 6.07) is 2.23. The van der Waals surface area contributed by atoms with Crippen LogP contribution in [0.1, 0.15) is 11.7 Å².